The number of rotatable bonds is 0. The summed E-state index contributed by atoms with van der Waals surface area (Å²) in [5, 5.41) is 9.23. The predicted molar refractivity (Wildman–Crippen MR) is 97.7 cm³/mol. The van der Waals surface area contributed by atoms with Crippen LogP contribution in [0.2, 0.25) is 0 Å². The second-order valence-electron chi connectivity index (χ2n) is 6.47. The number of halogens is 3. The zero-order valence-corrected chi connectivity index (χ0v) is 14.5. The van der Waals surface area contributed by atoms with Crippen LogP contribution in [0, 0.1) is 28.8 Å². The van der Waals surface area contributed by atoms with Gasteiger partial charge in [-0.1, -0.05) is 12.1 Å². The van der Waals surface area contributed by atoms with Crippen molar-refractivity contribution in [3.05, 3.63) is 94.1 Å². The molecule has 0 aliphatic heterocycles. The molecule has 0 saturated carbocycles. The van der Waals surface area contributed by atoms with Gasteiger partial charge >= 0.3 is 0 Å². The minimum Gasteiger partial charge on any atom is -0.289 e. The number of Topliss-reactive ketones (excluding diaryl/α,β-unsaturated/α-hetero) is 1. The number of pyridine rings is 2. The summed E-state index contributed by atoms with van der Waals surface area (Å²) in [6, 6.07) is 9.23. The molecule has 0 N–H and O–H groups in total. The van der Waals surface area contributed by atoms with Crippen molar-refractivity contribution >= 4 is 16.9 Å². The number of benzene rings is 1. The van der Waals surface area contributed by atoms with Gasteiger partial charge in [-0.05, 0) is 18.2 Å². The first-order valence-corrected chi connectivity index (χ1v) is 8.52. The van der Waals surface area contributed by atoms with Crippen LogP contribution in [-0.2, 0) is 0 Å². The van der Waals surface area contributed by atoms with Gasteiger partial charge in [-0.25, -0.2) is 13.2 Å². The van der Waals surface area contributed by atoms with Gasteiger partial charge in [-0.15, -0.1) is 0 Å². The van der Waals surface area contributed by atoms with Crippen molar-refractivity contribution in [1.82, 2.24) is 9.97 Å². The van der Waals surface area contributed by atoms with Gasteiger partial charge in [-0.2, -0.15) is 5.26 Å². The normalized spacial score (nSPS) is 15.4. The highest BCUT2D eigenvalue weighted by molar-refractivity contribution is 6.32. The lowest BCUT2D eigenvalue weighted by molar-refractivity contribution is 0.104. The summed E-state index contributed by atoms with van der Waals surface area (Å²) in [5.41, 5.74) is 1.77. The summed E-state index contributed by atoms with van der Waals surface area (Å²) in [7, 11) is 0. The van der Waals surface area contributed by atoms with Crippen molar-refractivity contribution in [2.24, 2.45) is 0 Å². The van der Waals surface area contributed by atoms with Crippen molar-refractivity contribution in [3.8, 4) is 17.5 Å². The standard InChI is InChI=1S/C22H8F3N3O/c23-14-9-13-16(19(25)18(14)24)10(5-6-26)17(22(13)29)15-11-3-1-7-27-20(11)21-12(15)4-2-8-28-21/h1-5,7-9H/b10-5+. The first-order chi connectivity index (χ1) is 14.0. The number of fused-ring (bicyclic) bond motifs is 4. The molecule has 7 heteroatoms. The smallest absolute Gasteiger partial charge is 0.195 e. The van der Waals surface area contributed by atoms with Crippen molar-refractivity contribution in [2.45, 2.75) is 0 Å². The summed E-state index contributed by atoms with van der Waals surface area (Å²) >= 11 is 0. The van der Waals surface area contributed by atoms with E-state index in [1.165, 1.54) is 0 Å². The summed E-state index contributed by atoms with van der Waals surface area (Å²) in [6.07, 6.45) is 4.12. The maximum Gasteiger partial charge on any atom is 0.195 e. The van der Waals surface area contributed by atoms with Crippen LogP contribution in [0.15, 0.2) is 54.4 Å². The van der Waals surface area contributed by atoms with Crippen molar-refractivity contribution in [2.75, 3.05) is 0 Å². The summed E-state index contributed by atoms with van der Waals surface area (Å²) < 4.78 is 42.3. The Labute approximate surface area is 162 Å². The van der Waals surface area contributed by atoms with Crippen LogP contribution in [0.3, 0.4) is 0 Å². The number of nitriles is 1. The molecule has 0 saturated heterocycles. The Morgan fingerprint density at radius 2 is 1.52 bits per heavy atom. The van der Waals surface area contributed by atoms with Gasteiger partial charge in [0.1, 0.15) is 0 Å². The van der Waals surface area contributed by atoms with Crippen LogP contribution in [0.1, 0.15) is 27.0 Å². The van der Waals surface area contributed by atoms with E-state index >= 15 is 0 Å². The number of allylic oxidation sites excluding steroid dienone is 3. The Balaban J connectivity index is 1.93. The van der Waals surface area contributed by atoms with Crippen LogP contribution in [0.4, 0.5) is 13.2 Å². The monoisotopic (exact) mass is 387 g/mol. The van der Waals surface area contributed by atoms with Gasteiger partial charge in [0.15, 0.2) is 23.2 Å². The number of aromatic nitrogens is 2. The number of hydrogen-bond acceptors (Lipinski definition) is 4. The molecule has 0 radical (unpaired) electrons. The Kier molecular flexibility index (Phi) is 3.52. The lowest BCUT2D eigenvalue weighted by Crippen LogP contribution is -2.01. The molecule has 5 rings (SSSR count). The number of ketones is 1. The largest absolute Gasteiger partial charge is 0.289 e. The van der Waals surface area contributed by atoms with Crippen molar-refractivity contribution in [3.63, 3.8) is 0 Å². The Morgan fingerprint density at radius 3 is 2.10 bits per heavy atom. The number of hydrogen-bond donors (Lipinski definition) is 0. The highest BCUT2D eigenvalue weighted by atomic mass is 19.2. The Hall–Kier alpha value is -4.05. The molecular formula is C22H8F3N3O. The molecule has 2 aliphatic rings. The molecule has 0 fully saturated rings. The topological polar surface area (TPSA) is 66.6 Å². The lowest BCUT2D eigenvalue weighted by Gasteiger charge is -2.08. The van der Waals surface area contributed by atoms with E-state index in [1.807, 2.05) is 0 Å². The molecule has 2 heterocycles. The molecular weight excluding hydrogens is 379 g/mol. The first-order valence-electron chi connectivity index (χ1n) is 8.52. The van der Waals surface area contributed by atoms with Crippen LogP contribution in [0.25, 0.3) is 22.5 Å². The zero-order chi connectivity index (χ0) is 20.3. The lowest BCUT2D eigenvalue weighted by atomic mass is 9.93. The molecule has 0 spiro atoms. The third-order valence-electron chi connectivity index (χ3n) is 5.01. The molecule has 1 aromatic carbocycles. The Morgan fingerprint density at radius 1 is 0.897 bits per heavy atom. The van der Waals surface area contributed by atoms with Gasteiger partial charge < -0.3 is 0 Å². The van der Waals surface area contributed by atoms with E-state index in [0.29, 0.717) is 34.2 Å². The van der Waals surface area contributed by atoms with Gasteiger partial charge in [0, 0.05) is 57.4 Å². The van der Waals surface area contributed by atoms with E-state index in [9.17, 15) is 23.2 Å². The summed E-state index contributed by atoms with van der Waals surface area (Å²) in [5.74, 6) is -5.35. The average molecular weight is 387 g/mol. The first kappa shape index (κ1) is 17.1. The molecule has 0 amide bonds. The minimum absolute atomic E-state index is 0.00792. The van der Waals surface area contributed by atoms with Gasteiger partial charge in [0.05, 0.1) is 17.5 Å². The summed E-state index contributed by atoms with van der Waals surface area (Å²) in [4.78, 5) is 21.9. The molecule has 3 aromatic rings. The fraction of sp³-hybridized carbons (Fsp3) is 0. The minimum atomic E-state index is -1.69. The van der Waals surface area contributed by atoms with Crippen LogP contribution < -0.4 is 0 Å². The van der Waals surface area contributed by atoms with E-state index in [4.69, 9.17) is 0 Å². The number of carbonyl (C=O) groups is 1. The molecule has 0 bridgehead atoms. The van der Waals surface area contributed by atoms with Gasteiger partial charge in [0.25, 0.3) is 0 Å². The molecule has 0 unspecified atom stereocenters. The molecule has 2 aromatic heterocycles. The molecule has 29 heavy (non-hydrogen) atoms. The van der Waals surface area contributed by atoms with E-state index in [0.717, 1.165) is 6.08 Å². The molecule has 138 valence electrons. The zero-order valence-electron chi connectivity index (χ0n) is 14.5. The fourth-order valence-electron chi connectivity index (χ4n) is 3.88. The quantitative estimate of drug-likeness (QED) is 0.254. The third kappa shape index (κ3) is 2.17. The van der Waals surface area contributed by atoms with E-state index in [1.54, 1.807) is 42.7 Å². The van der Waals surface area contributed by atoms with Crippen molar-refractivity contribution in [1.29, 1.82) is 5.26 Å². The Bertz CT molecular complexity index is 1320. The van der Waals surface area contributed by atoms with Gasteiger partial charge in [0.2, 0.25) is 0 Å². The molecule has 2 aliphatic carbocycles. The van der Waals surface area contributed by atoms with E-state index < -0.39 is 28.8 Å². The SMILES string of the molecule is N#C/C=C1/C(=C2c3cccnc3-c3ncccc32)C(=O)c2cc(F)c(F)c(F)c21. The fourth-order valence-corrected chi connectivity index (χ4v) is 3.88. The van der Waals surface area contributed by atoms with Gasteiger partial charge in [-0.3, -0.25) is 14.8 Å². The number of carbonyl (C=O) groups excluding carboxylic acids is 1. The molecule has 0 atom stereocenters. The summed E-state index contributed by atoms with van der Waals surface area (Å²) in [6.45, 7) is 0. The van der Waals surface area contributed by atoms with E-state index in [-0.39, 0.29) is 16.7 Å². The second kappa shape index (κ2) is 5.97. The maximum atomic E-state index is 14.6. The number of nitrogens with zero attached hydrogens (tertiary/aromatic N) is 3. The highest BCUT2D eigenvalue weighted by Gasteiger charge is 2.40. The third-order valence-corrected chi connectivity index (χ3v) is 5.01. The van der Waals surface area contributed by atoms with E-state index in [2.05, 4.69) is 9.97 Å². The van der Waals surface area contributed by atoms with Crippen LogP contribution >= 0.6 is 0 Å². The highest BCUT2D eigenvalue weighted by Crippen LogP contribution is 2.50. The van der Waals surface area contributed by atoms with Crippen LogP contribution in [-0.4, -0.2) is 15.8 Å². The average Bonchev–Trinajstić information content (AvgIpc) is 3.19. The van der Waals surface area contributed by atoms with Crippen molar-refractivity contribution < 1.29 is 18.0 Å². The van der Waals surface area contributed by atoms with Crippen LogP contribution in [0.5, 0.6) is 0 Å². The maximum absolute atomic E-state index is 14.6. The predicted octanol–water partition coefficient (Wildman–Crippen LogP) is 4.48. The second-order valence-corrected chi connectivity index (χ2v) is 6.47. The molecule has 4 nitrogen and oxygen atoms in total.